The Morgan fingerprint density at radius 1 is 0.604 bits per heavy atom. The minimum Gasteiger partial charge on any atom is -0.394 e. The number of hydrogen-bond donors (Lipinski definition) is 15. The summed E-state index contributed by atoms with van der Waals surface area (Å²) < 4.78 is -1.57. The summed E-state index contributed by atoms with van der Waals surface area (Å²) in [5.74, 6) is -12.3. The van der Waals surface area contributed by atoms with Gasteiger partial charge in [0.2, 0.25) is 65.0 Å². The smallest absolute Gasteiger partial charge is 0.254 e. The van der Waals surface area contributed by atoms with Gasteiger partial charge in [0, 0.05) is 26.2 Å². The van der Waals surface area contributed by atoms with Gasteiger partial charge in [0.25, 0.3) is 5.91 Å². The van der Waals surface area contributed by atoms with Crippen LogP contribution in [0.2, 0.25) is 0 Å². The van der Waals surface area contributed by atoms with Gasteiger partial charge < -0.3 is 90.4 Å². The fraction of sp³-hybridized carbons (Fsp3) is 0.746. The lowest BCUT2D eigenvalue weighted by Crippen LogP contribution is -2.64. The van der Waals surface area contributed by atoms with E-state index < -0.39 is 184 Å². The van der Waals surface area contributed by atoms with Crippen LogP contribution in [0.5, 0.6) is 0 Å². The van der Waals surface area contributed by atoms with E-state index in [1.54, 1.807) is 41.5 Å². The van der Waals surface area contributed by atoms with Crippen molar-refractivity contribution in [2.75, 3.05) is 39.4 Å². The SMILES string of the molecule is CC[C@H](C)C1NC(=O)[C@@H](N)/C=C\CNC(=O)[C@H]([C@@H](C)CC)NC(=O)[C@H]2NC(=O)[C@H]([C@@H](C)CC)NC(=O)[C@@H]3CCCN3C(=O)[C@@H]3CCCN3C(=O)[C@H](CC(C)(C)C)NC(=O)[C@H](CO)NC(=O)[C@H](CCCN=C(N)N)NC(=O)[C@H](CO)NC(=O)[C@@H](NC1=O)SSC2(C)C. The lowest BCUT2D eigenvalue weighted by Gasteiger charge is -2.37. The second-order valence-electron chi connectivity index (χ2n) is 25.6. The maximum atomic E-state index is 15.1. The molecule has 15 atom stereocenters. The van der Waals surface area contributed by atoms with Crippen LogP contribution in [0, 0.1) is 23.2 Å². The van der Waals surface area contributed by atoms with Crippen molar-refractivity contribution in [2.24, 2.45) is 45.4 Å². The Bertz CT molecular complexity index is 2680. The van der Waals surface area contributed by atoms with Gasteiger partial charge >= 0.3 is 0 Å². The number of carbonyl (C=O) groups excluding carboxylic acids is 12. The van der Waals surface area contributed by atoms with Gasteiger partial charge in [-0.3, -0.25) is 62.5 Å². The quantitative estimate of drug-likeness (QED) is 0.0289. The van der Waals surface area contributed by atoms with E-state index in [4.69, 9.17) is 17.2 Å². The summed E-state index contributed by atoms with van der Waals surface area (Å²) in [6.45, 7) is 16.9. The van der Waals surface area contributed by atoms with Crippen molar-refractivity contribution in [3.05, 3.63) is 12.2 Å². The number of nitrogens with one attached hydrogen (secondary N) is 10. The highest BCUT2D eigenvalue weighted by molar-refractivity contribution is 8.77. The molecular weight excluding hydrogens is 1220 g/mol. The van der Waals surface area contributed by atoms with Crippen LogP contribution in [0.3, 0.4) is 0 Å². The molecule has 4 heterocycles. The van der Waals surface area contributed by atoms with Crippen molar-refractivity contribution in [3.63, 3.8) is 0 Å². The molecule has 30 nitrogen and oxygen atoms in total. The topological polar surface area (TPSA) is 462 Å². The first kappa shape index (κ1) is 76.7. The molecular formula is C59H100N16O14S2. The largest absolute Gasteiger partial charge is 0.394 e. The van der Waals surface area contributed by atoms with Crippen LogP contribution >= 0.6 is 21.6 Å². The molecule has 91 heavy (non-hydrogen) atoms. The van der Waals surface area contributed by atoms with E-state index in [-0.39, 0.29) is 64.2 Å². The van der Waals surface area contributed by atoms with Crippen molar-refractivity contribution in [2.45, 2.75) is 217 Å². The second kappa shape index (κ2) is 35.3. The molecule has 0 radical (unpaired) electrons. The Morgan fingerprint density at radius 2 is 1.08 bits per heavy atom. The van der Waals surface area contributed by atoms with Gasteiger partial charge in [-0.05, 0) is 82.0 Å². The molecule has 32 heteroatoms. The van der Waals surface area contributed by atoms with Crippen molar-refractivity contribution in [3.8, 4) is 0 Å². The maximum absolute atomic E-state index is 15.1. The van der Waals surface area contributed by atoms with E-state index >= 15 is 9.59 Å². The van der Waals surface area contributed by atoms with Crippen LogP contribution < -0.4 is 70.4 Å². The third-order valence-electron chi connectivity index (χ3n) is 16.8. The lowest BCUT2D eigenvalue weighted by molar-refractivity contribution is -0.148. The zero-order valence-corrected chi connectivity index (χ0v) is 55.9. The first-order valence-corrected chi connectivity index (χ1v) is 33.6. The van der Waals surface area contributed by atoms with Crippen LogP contribution in [-0.4, -0.2) is 213 Å². The first-order chi connectivity index (χ1) is 42.7. The molecule has 0 spiro atoms. The molecule has 12 amide bonds. The van der Waals surface area contributed by atoms with Gasteiger partial charge in [-0.2, -0.15) is 0 Å². The summed E-state index contributed by atoms with van der Waals surface area (Å²) in [6.07, 6.45) is 4.72. The Labute approximate surface area is 540 Å². The maximum Gasteiger partial charge on any atom is 0.254 e. The third-order valence-corrected chi connectivity index (χ3v) is 20.3. The number of fused-ring (bicyclic) bond motifs is 6. The van der Waals surface area contributed by atoms with Gasteiger partial charge in [-0.15, -0.1) is 0 Å². The van der Waals surface area contributed by atoms with Crippen LogP contribution in [0.25, 0.3) is 0 Å². The molecule has 0 aromatic rings. The third kappa shape index (κ3) is 21.9. The molecule has 18 N–H and O–H groups in total. The number of amides is 12. The lowest BCUT2D eigenvalue weighted by atomic mass is 9.87. The summed E-state index contributed by atoms with van der Waals surface area (Å²) in [4.78, 5) is 181. The van der Waals surface area contributed by atoms with Crippen molar-refractivity contribution < 1.29 is 67.7 Å². The molecule has 3 fully saturated rings. The molecule has 4 aliphatic heterocycles. The molecule has 4 aliphatic rings. The molecule has 512 valence electrons. The van der Waals surface area contributed by atoms with E-state index in [2.05, 4.69) is 58.2 Å². The Morgan fingerprint density at radius 3 is 1.62 bits per heavy atom. The number of aliphatic hydroxyl groups is 2. The fourth-order valence-electron chi connectivity index (χ4n) is 10.8. The summed E-state index contributed by atoms with van der Waals surface area (Å²) in [6, 6.07) is -15.6. The normalized spacial score (nSPS) is 30.2. The fourth-order valence-corrected chi connectivity index (χ4v) is 13.4. The highest BCUT2D eigenvalue weighted by Crippen LogP contribution is 2.41. The minimum atomic E-state index is -1.89. The first-order valence-electron chi connectivity index (χ1n) is 31.4. The van der Waals surface area contributed by atoms with E-state index in [1.807, 2.05) is 20.8 Å². The van der Waals surface area contributed by atoms with Crippen LogP contribution in [0.4, 0.5) is 0 Å². The highest BCUT2D eigenvalue weighted by Gasteiger charge is 2.47. The number of aliphatic hydroxyl groups excluding tert-OH is 2. The number of nitrogens with zero attached hydrogens (tertiary/aromatic N) is 3. The Hall–Kier alpha value is -6.77. The monoisotopic (exact) mass is 1320 g/mol. The molecule has 0 aromatic heterocycles. The van der Waals surface area contributed by atoms with E-state index in [0.717, 1.165) is 10.8 Å². The minimum absolute atomic E-state index is 0.0171. The van der Waals surface area contributed by atoms with Crippen LogP contribution in [-0.2, 0) is 57.5 Å². The molecule has 2 bridgehead atoms. The number of rotatable bonds is 13. The molecule has 1 unspecified atom stereocenters. The Balaban J connectivity index is 1.98. The van der Waals surface area contributed by atoms with Gasteiger partial charge in [-0.1, -0.05) is 115 Å². The molecule has 0 aromatic carbocycles. The highest BCUT2D eigenvalue weighted by atomic mass is 33.1. The zero-order chi connectivity index (χ0) is 68.2. The number of nitrogens with two attached hydrogens (primary N) is 3. The molecule has 4 rings (SSSR count). The number of hydrogen-bond acceptors (Lipinski definition) is 18. The van der Waals surface area contributed by atoms with Crippen LogP contribution in [0.1, 0.15) is 140 Å². The average molecular weight is 1320 g/mol. The number of guanidine groups is 1. The van der Waals surface area contributed by atoms with Crippen molar-refractivity contribution in [1.29, 1.82) is 0 Å². The summed E-state index contributed by atoms with van der Waals surface area (Å²) >= 11 is 0. The van der Waals surface area contributed by atoms with E-state index in [1.165, 1.54) is 35.8 Å². The van der Waals surface area contributed by atoms with Crippen LogP contribution in [0.15, 0.2) is 17.1 Å². The summed E-state index contributed by atoms with van der Waals surface area (Å²) in [5, 5.41) is 46.2. The number of aliphatic imine (C=N–C) groups is 1. The predicted molar refractivity (Wildman–Crippen MR) is 343 cm³/mol. The molecule has 0 saturated carbocycles. The summed E-state index contributed by atoms with van der Waals surface area (Å²) in [5.41, 5.74) is 16.7. The summed E-state index contributed by atoms with van der Waals surface area (Å²) in [7, 11) is 1.45. The second-order valence-corrected chi connectivity index (χ2v) is 28.6. The van der Waals surface area contributed by atoms with E-state index in [0.29, 0.717) is 42.9 Å². The van der Waals surface area contributed by atoms with Gasteiger partial charge in [0.15, 0.2) is 11.3 Å². The van der Waals surface area contributed by atoms with Gasteiger partial charge in [-0.25, -0.2) is 0 Å². The predicted octanol–water partition coefficient (Wildman–Crippen LogP) is -2.91. The van der Waals surface area contributed by atoms with E-state index in [9.17, 15) is 58.2 Å². The standard InChI is InChI=1S/C59H100N16O14S2/c1-12-30(4)40-49(83)63-23-15-19-33(60)44(78)69-42(32(6)14-3)51(85)73-54-53(87)68-37(29-77)46(80)65-34(20-16-24-64-57(61)62)45(79)67-36(28-76)47(81)66-35(27-58(7,8)9)55(88)75-26-18-22-39(75)56(89)74-25-17-21-38(74)48(82)70-41(31(5)13-2)50(84)72-43(52(86)71-40)59(10,11)91-90-54/h15,19,30-43,54,76-77H,12-14,16-18,20-29,60H2,1-11H3,(H,63,83)(H,65,80)(H,66,81)(H,67,79)(H,68,87)(H,69,78)(H,70,82)(H,71,86)(H,72,84)(H,73,85)(H4,61,62,64)/b19-15-/t30-,31-,32-,33-,34-,35-,36-,37-,38-,39-,40-,41-,42?,43+,54-/m0/s1. The van der Waals surface area contributed by atoms with Crippen molar-refractivity contribution >= 4 is 98.4 Å². The average Bonchev–Trinajstić information content (AvgIpc) is 1.76. The Kier molecular flexibility index (Phi) is 29.8. The van der Waals surface area contributed by atoms with Gasteiger partial charge in [0.1, 0.15) is 66.5 Å². The van der Waals surface area contributed by atoms with Crippen molar-refractivity contribution in [1.82, 2.24) is 63.0 Å². The van der Waals surface area contributed by atoms with Gasteiger partial charge in [0.05, 0.1) is 18.0 Å². The zero-order valence-electron chi connectivity index (χ0n) is 54.3. The number of carbonyl (C=O) groups is 12. The molecule has 3 saturated heterocycles. The molecule has 0 aliphatic carbocycles.